The molecule has 0 saturated carbocycles. The summed E-state index contributed by atoms with van der Waals surface area (Å²) in [6.45, 7) is 1.79. The molecule has 4 nitrogen and oxygen atoms in total. The number of aryl methyl sites for hydroxylation is 1. The number of hydrogen-bond donors (Lipinski definition) is 3. The summed E-state index contributed by atoms with van der Waals surface area (Å²) in [5, 5.41) is 7.11. The summed E-state index contributed by atoms with van der Waals surface area (Å²) in [4.78, 5) is 8.25. The molecular weight excluding hydrogens is 160 g/mol. The number of hydrogen-bond acceptors (Lipinski definition) is 4. The summed E-state index contributed by atoms with van der Waals surface area (Å²) in [5.41, 5.74) is 6.35. The lowest BCUT2D eigenvalue weighted by Gasteiger charge is -2.01. The highest BCUT2D eigenvalue weighted by Gasteiger charge is 2.05. The first-order valence-corrected chi connectivity index (χ1v) is 3.42. The van der Waals surface area contributed by atoms with Crippen LogP contribution in [-0.4, -0.2) is 15.8 Å². The topological polar surface area (TPSA) is 75.7 Å². The molecule has 0 aliphatic rings. The fraction of sp³-hybridized carbons (Fsp3) is 0.167. The number of nitrogens with one attached hydrogen (secondary N) is 1. The van der Waals surface area contributed by atoms with Gasteiger partial charge in [-0.15, -0.1) is 12.6 Å². The maximum atomic E-state index is 7.11. The van der Waals surface area contributed by atoms with E-state index in [9.17, 15) is 0 Å². The second-order valence-electron chi connectivity index (χ2n) is 2.07. The molecule has 0 aromatic carbocycles. The van der Waals surface area contributed by atoms with E-state index in [-0.39, 0.29) is 5.84 Å². The lowest BCUT2D eigenvalue weighted by Crippen LogP contribution is -2.14. The molecule has 58 valence electrons. The minimum atomic E-state index is -0.0829. The summed E-state index contributed by atoms with van der Waals surface area (Å²) in [7, 11) is 0. The SMILES string of the molecule is Cc1ncnc(C(=N)N)c1S. The Bertz CT molecular complexity index is 297. The average Bonchev–Trinajstić information content (AvgIpc) is 1.94. The fourth-order valence-electron chi connectivity index (χ4n) is 0.664. The van der Waals surface area contributed by atoms with Gasteiger partial charge in [0.15, 0.2) is 0 Å². The van der Waals surface area contributed by atoms with Gasteiger partial charge in [-0.1, -0.05) is 0 Å². The van der Waals surface area contributed by atoms with Gasteiger partial charge in [0, 0.05) is 0 Å². The lowest BCUT2D eigenvalue weighted by molar-refractivity contribution is 1.01. The molecule has 1 heterocycles. The van der Waals surface area contributed by atoms with Crippen LogP contribution in [0, 0.1) is 12.3 Å². The van der Waals surface area contributed by atoms with Crippen molar-refractivity contribution in [1.29, 1.82) is 5.41 Å². The van der Waals surface area contributed by atoms with E-state index in [1.165, 1.54) is 6.33 Å². The molecule has 0 aliphatic heterocycles. The van der Waals surface area contributed by atoms with E-state index < -0.39 is 0 Å². The summed E-state index contributed by atoms with van der Waals surface area (Å²) >= 11 is 4.10. The number of nitrogens with zero attached hydrogens (tertiary/aromatic N) is 2. The molecule has 0 aliphatic carbocycles. The van der Waals surface area contributed by atoms with E-state index >= 15 is 0 Å². The molecule has 11 heavy (non-hydrogen) atoms. The van der Waals surface area contributed by atoms with Gasteiger partial charge in [-0.25, -0.2) is 9.97 Å². The summed E-state index contributed by atoms with van der Waals surface area (Å²) in [6, 6.07) is 0. The summed E-state index contributed by atoms with van der Waals surface area (Å²) in [5.74, 6) is -0.0829. The Balaban J connectivity index is 3.27. The second kappa shape index (κ2) is 2.87. The van der Waals surface area contributed by atoms with E-state index in [1.807, 2.05) is 0 Å². The average molecular weight is 168 g/mol. The molecule has 0 unspecified atom stereocenters. The molecule has 0 bridgehead atoms. The van der Waals surface area contributed by atoms with Crippen LogP contribution in [0.15, 0.2) is 11.2 Å². The van der Waals surface area contributed by atoms with Crippen molar-refractivity contribution in [2.75, 3.05) is 0 Å². The van der Waals surface area contributed by atoms with E-state index in [0.717, 1.165) is 5.69 Å². The van der Waals surface area contributed by atoms with Gasteiger partial charge in [0.05, 0.1) is 10.6 Å². The maximum Gasteiger partial charge on any atom is 0.143 e. The van der Waals surface area contributed by atoms with Crippen molar-refractivity contribution in [3.63, 3.8) is 0 Å². The van der Waals surface area contributed by atoms with Crippen LogP contribution >= 0.6 is 12.6 Å². The normalized spacial score (nSPS) is 9.64. The largest absolute Gasteiger partial charge is 0.382 e. The molecule has 1 rings (SSSR count). The quantitative estimate of drug-likeness (QED) is 0.322. The number of nitrogens with two attached hydrogens (primary N) is 1. The highest BCUT2D eigenvalue weighted by atomic mass is 32.1. The van der Waals surface area contributed by atoms with Crippen LogP contribution < -0.4 is 5.73 Å². The van der Waals surface area contributed by atoms with Crippen LogP contribution in [0.4, 0.5) is 0 Å². The van der Waals surface area contributed by atoms with Crippen LogP contribution in [0.3, 0.4) is 0 Å². The van der Waals surface area contributed by atoms with Gasteiger partial charge in [-0.05, 0) is 6.92 Å². The van der Waals surface area contributed by atoms with Gasteiger partial charge in [0.25, 0.3) is 0 Å². The fourth-order valence-corrected chi connectivity index (χ4v) is 0.900. The van der Waals surface area contributed by atoms with Gasteiger partial charge in [-0.2, -0.15) is 0 Å². The molecule has 3 N–H and O–H groups in total. The summed E-state index contributed by atoms with van der Waals surface area (Å²) in [6.07, 6.45) is 1.37. The zero-order valence-corrected chi connectivity index (χ0v) is 6.89. The van der Waals surface area contributed by atoms with Crippen LogP contribution in [0.25, 0.3) is 0 Å². The number of aromatic nitrogens is 2. The third-order valence-corrected chi connectivity index (χ3v) is 1.80. The highest BCUT2D eigenvalue weighted by Crippen LogP contribution is 2.12. The first-order valence-electron chi connectivity index (χ1n) is 2.98. The number of thiol groups is 1. The van der Waals surface area contributed by atoms with Crippen molar-refractivity contribution in [3.8, 4) is 0 Å². The van der Waals surface area contributed by atoms with Crippen molar-refractivity contribution in [2.24, 2.45) is 5.73 Å². The van der Waals surface area contributed by atoms with Crippen molar-refractivity contribution in [3.05, 3.63) is 17.7 Å². The predicted octanol–water partition coefficient (Wildman–Crippen LogP) is 0.358. The Kier molecular flexibility index (Phi) is 2.09. The first-order chi connectivity index (χ1) is 5.13. The van der Waals surface area contributed by atoms with Gasteiger partial charge in [0.1, 0.15) is 17.9 Å². The molecule has 0 saturated heterocycles. The van der Waals surface area contributed by atoms with Crippen LogP contribution in [0.5, 0.6) is 0 Å². The molecule has 1 aromatic rings. The highest BCUT2D eigenvalue weighted by molar-refractivity contribution is 7.80. The van der Waals surface area contributed by atoms with Crippen LogP contribution in [0.1, 0.15) is 11.4 Å². The van der Waals surface area contributed by atoms with E-state index in [2.05, 4.69) is 22.6 Å². The molecular formula is C6H8N4S. The Morgan fingerprint density at radius 1 is 1.64 bits per heavy atom. The zero-order valence-electron chi connectivity index (χ0n) is 6.00. The van der Waals surface area contributed by atoms with E-state index in [4.69, 9.17) is 11.1 Å². The standard InChI is InChI=1S/C6H8N4S/c1-3-5(11)4(6(7)8)10-2-9-3/h2,11H,1H3,(H3,7,8). The number of amidine groups is 1. The van der Waals surface area contributed by atoms with Crippen molar-refractivity contribution >= 4 is 18.5 Å². The molecule has 0 spiro atoms. The van der Waals surface area contributed by atoms with Gasteiger partial charge in [-0.3, -0.25) is 5.41 Å². The molecule has 0 atom stereocenters. The number of rotatable bonds is 1. The van der Waals surface area contributed by atoms with Crippen LogP contribution in [-0.2, 0) is 0 Å². The minimum Gasteiger partial charge on any atom is -0.382 e. The van der Waals surface area contributed by atoms with Crippen molar-refractivity contribution < 1.29 is 0 Å². The van der Waals surface area contributed by atoms with Crippen molar-refractivity contribution in [1.82, 2.24) is 9.97 Å². The molecule has 5 heteroatoms. The molecule has 0 amide bonds. The van der Waals surface area contributed by atoms with Gasteiger partial charge in [0.2, 0.25) is 0 Å². The first kappa shape index (κ1) is 8.00. The predicted molar refractivity (Wildman–Crippen MR) is 45.0 cm³/mol. The minimum absolute atomic E-state index is 0.0829. The van der Waals surface area contributed by atoms with E-state index in [0.29, 0.717) is 10.6 Å². The molecule has 0 fully saturated rings. The third kappa shape index (κ3) is 1.48. The Morgan fingerprint density at radius 3 is 2.73 bits per heavy atom. The van der Waals surface area contributed by atoms with Crippen LogP contribution in [0.2, 0.25) is 0 Å². The monoisotopic (exact) mass is 168 g/mol. The number of nitrogen functional groups attached to an aromatic ring is 1. The van der Waals surface area contributed by atoms with Crippen molar-refractivity contribution in [2.45, 2.75) is 11.8 Å². The maximum absolute atomic E-state index is 7.11. The Hall–Kier alpha value is -1.10. The molecule has 1 aromatic heterocycles. The Morgan fingerprint density at radius 2 is 2.27 bits per heavy atom. The van der Waals surface area contributed by atoms with E-state index in [1.54, 1.807) is 6.92 Å². The Labute approximate surface area is 69.8 Å². The third-order valence-electron chi connectivity index (χ3n) is 1.26. The van der Waals surface area contributed by atoms with Gasteiger partial charge < -0.3 is 5.73 Å². The lowest BCUT2D eigenvalue weighted by atomic mass is 10.3. The van der Waals surface area contributed by atoms with Gasteiger partial charge >= 0.3 is 0 Å². The zero-order chi connectivity index (χ0) is 8.43. The summed E-state index contributed by atoms with van der Waals surface area (Å²) < 4.78 is 0. The molecule has 0 radical (unpaired) electrons. The smallest absolute Gasteiger partial charge is 0.143 e. The second-order valence-corrected chi connectivity index (χ2v) is 2.52.